The first kappa shape index (κ1) is 16.2. The van der Waals surface area contributed by atoms with Gasteiger partial charge in [-0.15, -0.1) is 0 Å². The van der Waals surface area contributed by atoms with E-state index in [1.54, 1.807) is 24.7 Å². The zero-order chi connectivity index (χ0) is 18.1. The Hall–Kier alpha value is -3.28. The first-order chi connectivity index (χ1) is 12.6. The van der Waals surface area contributed by atoms with E-state index in [-0.39, 0.29) is 11.7 Å². The zero-order valence-electron chi connectivity index (χ0n) is 14.0. The molecule has 130 valence electrons. The van der Waals surface area contributed by atoms with Crippen LogP contribution in [-0.2, 0) is 11.3 Å². The molecule has 0 saturated carbocycles. The van der Waals surface area contributed by atoms with Crippen LogP contribution in [0.4, 0.5) is 10.1 Å². The number of nitrogens with zero attached hydrogens (tertiary/aromatic N) is 3. The van der Waals surface area contributed by atoms with Crippen molar-refractivity contribution in [2.75, 3.05) is 0 Å². The molecule has 2 heterocycles. The van der Waals surface area contributed by atoms with Gasteiger partial charge in [0.2, 0.25) is 0 Å². The summed E-state index contributed by atoms with van der Waals surface area (Å²) in [6.45, 7) is 0.663. The Bertz CT molecular complexity index is 978. The summed E-state index contributed by atoms with van der Waals surface area (Å²) < 4.78 is 15.2. The Kier molecular flexibility index (Phi) is 4.08. The first-order valence-electron chi connectivity index (χ1n) is 8.31. The quantitative estimate of drug-likeness (QED) is 0.786. The number of benzene rings is 2. The number of rotatable bonds is 4. The number of amides is 1. The Morgan fingerprint density at radius 3 is 2.73 bits per heavy atom. The zero-order valence-corrected chi connectivity index (χ0v) is 14.0. The van der Waals surface area contributed by atoms with Crippen LogP contribution in [-0.4, -0.2) is 21.2 Å². The van der Waals surface area contributed by atoms with Crippen molar-refractivity contribution < 1.29 is 9.18 Å². The molecule has 0 saturated heterocycles. The van der Waals surface area contributed by atoms with Crippen LogP contribution in [0.3, 0.4) is 0 Å². The van der Waals surface area contributed by atoms with E-state index in [0.717, 1.165) is 22.4 Å². The van der Waals surface area contributed by atoms with Crippen LogP contribution < -0.4 is 5.73 Å². The highest BCUT2D eigenvalue weighted by molar-refractivity contribution is 6.39. The number of imidazole rings is 1. The fourth-order valence-corrected chi connectivity index (χ4v) is 3.31. The maximum atomic E-state index is 13.3. The van der Waals surface area contributed by atoms with Gasteiger partial charge in [-0.05, 0) is 34.9 Å². The Morgan fingerprint density at radius 1 is 1.23 bits per heavy atom. The van der Waals surface area contributed by atoms with Crippen LogP contribution in [0.25, 0.3) is 0 Å². The number of nitrogens with two attached hydrogens (primary N) is 1. The molecule has 0 fully saturated rings. The van der Waals surface area contributed by atoms with Crippen LogP contribution in [0, 0.1) is 5.82 Å². The molecule has 1 aliphatic heterocycles. The van der Waals surface area contributed by atoms with Gasteiger partial charge in [0.1, 0.15) is 11.5 Å². The van der Waals surface area contributed by atoms with Crippen molar-refractivity contribution >= 4 is 17.3 Å². The maximum Gasteiger partial charge on any atom is 0.263 e. The lowest BCUT2D eigenvalue weighted by Gasteiger charge is -2.25. The highest BCUT2D eigenvalue weighted by Gasteiger charge is 2.26. The van der Waals surface area contributed by atoms with Gasteiger partial charge >= 0.3 is 0 Å². The van der Waals surface area contributed by atoms with Gasteiger partial charge in [0.05, 0.1) is 12.0 Å². The van der Waals surface area contributed by atoms with Crippen molar-refractivity contribution in [1.82, 2.24) is 9.55 Å². The lowest BCUT2D eigenvalue weighted by atomic mass is 9.83. The van der Waals surface area contributed by atoms with Gasteiger partial charge in [0, 0.05) is 31.3 Å². The summed E-state index contributed by atoms with van der Waals surface area (Å²) in [4.78, 5) is 20.3. The second-order valence-electron chi connectivity index (χ2n) is 6.36. The second kappa shape index (κ2) is 6.55. The van der Waals surface area contributed by atoms with Crippen molar-refractivity contribution in [3.8, 4) is 0 Å². The third-order valence-electron chi connectivity index (χ3n) is 4.60. The molecular formula is C20H17FN4O. The van der Waals surface area contributed by atoms with E-state index < -0.39 is 5.91 Å². The average molecular weight is 348 g/mol. The number of carbonyl (C=O) groups excluding carboxylic acids is 1. The standard InChI is InChI=1S/C20H17FN4O/c21-15-4-2-14(3-5-15)17-10-19(20(22)26)24-18-9-13(1-6-16(17)18)11-25-8-7-23-12-25/h1-9,12,17H,10-11H2,(H2,22,26). The van der Waals surface area contributed by atoms with Gasteiger partial charge in [0.25, 0.3) is 5.91 Å². The van der Waals surface area contributed by atoms with Gasteiger partial charge in [-0.1, -0.05) is 24.3 Å². The minimum absolute atomic E-state index is 0.0760. The number of halogens is 1. The van der Waals surface area contributed by atoms with Gasteiger partial charge < -0.3 is 10.3 Å². The Morgan fingerprint density at radius 2 is 2.04 bits per heavy atom. The molecule has 0 bridgehead atoms. The fraction of sp³-hybridized carbons (Fsp3) is 0.150. The molecule has 6 heteroatoms. The van der Waals surface area contributed by atoms with E-state index in [1.807, 2.05) is 29.0 Å². The number of hydrogen-bond donors (Lipinski definition) is 1. The van der Waals surface area contributed by atoms with E-state index in [2.05, 4.69) is 9.98 Å². The second-order valence-corrected chi connectivity index (χ2v) is 6.36. The van der Waals surface area contributed by atoms with Crippen molar-refractivity contribution in [1.29, 1.82) is 0 Å². The summed E-state index contributed by atoms with van der Waals surface area (Å²) in [6.07, 6.45) is 5.78. The van der Waals surface area contributed by atoms with Crippen molar-refractivity contribution in [3.05, 3.63) is 83.7 Å². The smallest absolute Gasteiger partial charge is 0.263 e. The van der Waals surface area contributed by atoms with Gasteiger partial charge in [0.15, 0.2) is 0 Å². The Balaban J connectivity index is 1.75. The van der Waals surface area contributed by atoms with Gasteiger partial charge in [-0.2, -0.15) is 0 Å². The average Bonchev–Trinajstić information content (AvgIpc) is 3.14. The van der Waals surface area contributed by atoms with E-state index in [9.17, 15) is 9.18 Å². The molecular weight excluding hydrogens is 331 g/mol. The minimum Gasteiger partial charge on any atom is -0.365 e. The fourth-order valence-electron chi connectivity index (χ4n) is 3.31. The molecule has 5 nitrogen and oxygen atoms in total. The highest BCUT2D eigenvalue weighted by Crippen LogP contribution is 2.39. The van der Waals surface area contributed by atoms with Crippen molar-refractivity contribution in [3.63, 3.8) is 0 Å². The molecule has 0 radical (unpaired) electrons. The molecule has 0 aliphatic carbocycles. The van der Waals surface area contributed by atoms with E-state index in [1.165, 1.54) is 12.1 Å². The molecule has 26 heavy (non-hydrogen) atoms. The molecule has 1 unspecified atom stereocenters. The van der Waals surface area contributed by atoms with Gasteiger partial charge in [-0.25, -0.2) is 14.4 Å². The van der Waals surface area contributed by atoms with Crippen LogP contribution >= 0.6 is 0 Å². The van der Waals surface area contributed by atoms with Crippen molar-refractivity contribution in [2.24, 2.45) is 10.7 Å². The molecule has 2 N–H and O–H groups in total. The van der Waals surface area contributed by atoms with Crippen LogP contribution in [0.1, 0.15) is 29.0 Å². The predicted octanol–water partition coefficient (Wildman–Crippen LogP) is 3.16. The molecule has 4 rings (SSSR count). The molecule has 0 spiro atoms. The predicted molar refractivity (Wildman–Crippen MR) is 96.9 cm³/mol. The van der Waals surface area contributed by atoms with Crippen LogP contribution in [0.2, 0.25) is 0 Å². The SMILES string of the molecule is NC(=O)C1=Nc2cc(Cn3ccnc3)ccc2C(c2ccc(F)cc2)C1. The number of fused-ring (bicyclic) bond motifs is 1. The molecule has 3 aromatic rings. The first-order valence-corrected chi connectivity index (χ1v) is 8.31. The van der Waals surface area contributed by atoms with Crippen molar-refractivity contribution in [2.45, 2.75) is 18.9 Å². The number of carbonyl (C=O) groups is 1. The largest absolute Gasteiger partial charge is 0.365 e. The monoisotopic (exact) mass is 348 g/mol. The van der Waals surface area contributed by atoms with E-state index in [0.29, 0.717) is 18.7 Å². The lowest BCUT2D eigenvalue weighted by molar-refractivity contribution is -0.112. The van der Waals surface area contributed by atoms with Gasteiger partial charge in [-0.3, -0.25) is 4.79 Å². The molecule has 1 aromatic heterocycles. The molecule has 2 aromatic carbocycles. The summed E-state index contributed by atoms with van der Waals surface area (Å²) in [5.74, 6) is -0.889. The summed E-state index contributed by atoms with van der Waals surface area (Å²) in [5.41, 5.74) is 9.56. The van der Waals surface area contributed by atoms with Crippen LogP contribution in [0.5, 0.6) is 0 Å². The summed E-state index contributed by atoms with van der Waals surface area (Å²) in [7, 11) is 0. The minimum atomic E-state index is -0.525. The van der Waals surface area contributed by atoms with E-state index >= 15 is 0 Å². The molecule has 1 atom stereocenters. The summed E-state index contributed by atoms with van der Waals surface area (Å²) in [6, 6.07) is 12.4. The number of primary amides is 1. The number of aliphatic imine (C=N–C) groups is 1. The number of hydrogen-bond acceptors (Lipinski definition) is 3. The lowest BCUT2D eigenvalue weighted by Crippen LogP contribution is -2.27. The summed E-state index contributed by atoms with van der Waals surface area (Å²) >= 11 is 0. The topological polar surface area (TPSA) is 73.3 Å². The Labute approximate surface area is 150 Å². The highest BCUT2D eigenvalue weighted by atomic mass is 19.1. The maximum absolute atomic E-state index is 13.3. The molecule has 1 aliphatic rings. The third-order valence-corrected chi connectivity index (χ3v) is 4.60. The molecule has 1 amide bonds. The van der Waals surface area contributed by atoms with E-state index in [4.69, 9.17) is 5.73 Å². The third kappa shape index (κ3) is 3.13. The normalized spacial score (nSPS) is 16.0. The van der Waals surface area contributed by atoms with Crippen LogP contribution in [0.15, 0.2) is 66.2 Å². The number of aromatic nitrogens is 2. The summed E-state index contributed by atoms with van der Waals surface area (Å²) in [5, 5.41) is 0.